The highest BCUT2D eigenvalue weighted by Crippen LogP contribution is 2.25. The number of rotatable bonds is 4. The predicted octanol–water partition coefficient (Wildman–Crippen LogP) is -6.08. The van der Waals surface area contributed by atoms with Crippen LogP contribution in [0.15, 0.2) is 0 Å². The van der Waals surface area contributed by atoms with Crippen molar-refractivity contribution >= 4 is 0 Å². The van der Waals surface area contributed by atoms with Crippen molar-refractivity contribution in [1.29, 1.82) is 0 Å². The Kier molecular flexibility index (Phi) is 6.46. The van der Waals surface area contributed by atoms with Crippen LogP contribution in [0.5, 0.6) is 0 Å². The van der Waals surface area contributed by atoms with Crippen molar-refractivity contribution in [3.8, 4) is 0 Å². The highest BCUT2D eigenvalue weighted by atomic mass is 17.2. The van der Waals surface area contributed by atoms with Crippen molar-refractivity contribution in [1.82, 2.24) is 0 Å². The van der Waals surface area contributed by atoms with E-state index in [1.54, 1.807) is 0 Å². The molecule has 142 valence electrons. The molecule has 12 heteroatoms. The monoisotopic (exact) mass is 358 g/mol. The Morgan fingerprint density at radius 1 is 0.583 bits per heavy atom. The second kappa shape index (κ2) is 7.82. The number of hydrogen-bond donors (Lipinski definition) is 9. The van der Waals surface area contributed by atoms with Gasteiger partial charge in [-0.2, -0.15) is 0 Å². The molecule has 9 N–H and O–H groups in total. The molecule has 0 amide bonds. The van der Waals surface area contributed by atoms with E-state index in [2.05, 4.69) is 4.89 Å². The molecule has 0 radical (unpaired) electrons. The van der Waals surface area contributed by atoms with Crippen LogP contribution in [0.2, 0.25) is 0 Å². The van der Waals surface area contributed by atoms with Gasteiger partial charge in [-0.15, -0.1) is 0 Å². The molecule has 0 bridgehead atoms. The normalized spacial score (nSPS) is 53.1. The largest absolute Gasteiger partial charge is 0.387 e. The summed E-state index contributed by atoms with van der Waals surface area (Å²) in [5.41, 5.74) is 0. The second-order valence-corrected chi connectivity index (χ2v) is 5.84. The third-order valence-electron chi connectivity index (χ3n) is 4.17. The van der Waals surface area contributed by atoms with Gasteiger partial charge in [0.15, 0.2) is 6.29 Å². The standard InChI is InChI=1S/C12H22O12/c13-3-2(23-12(21)10(20)4(3)14)1-22-24-11-8(18)6(16)5(15)7(17)9(11)19/h2-21H,1H2/t2-,3-,4+,5?,6-,7+,8+,9+,10-,11?,12-/m1/s1. The first-order chi connectivity index (χ1) is 11.2. The van der Waals surface area contributed by atoms with Gasteiger partial charge >= 0.3 is 0 Å². The molecule has 1 aliphatic carbocycles. The van der Waals surface area contributed by atoms with E-state index in [9.17, 15) is 46.0 Å². The first kappa shape index (κ1) is 19.8. The van der Waals surface area contributed by atoms with Crippen molar-refractivity contribution in [2.45, 2.75) is 67.3 Å². The van der Waals surface area contributed by atoms with E-state index < -0.39 is 73.9 Å². The van der Waals surface area contributed by atoms with Crippen LogP contribution in [0.1, 0.15) is 0 Å². The summed E-state index contributed by atoms with van der Waals surface area (Å²) in [6.45, 7) is -0.591. The molecule has 2 rings (SSSR count). The molecule has 1 aliphatic heterocycles. The fraction of sp³-hybridized carbons (Fsp3) is 1.00. The van der Waals surface area contributed by atoms with Crippen LogP contribution in [0, 0.1) is 0 Å². The highest BCUT2D eigenvalue weighted by molar-refractivity contribution is 4.99. The van der Waals surface area contributed by atoms with E-state index in [1.807, 2.05) is 0 Å². The van der Waals surface area contributed by atoms with Gasteiger partial charge < -0.3 is 50.7 Å². The summed E-state index contributed by atoms with van der Waals surface area (Å²) in [7, 11) is 0. The summed E-state index contributed by atoms with van der Waals surface area (Å²) in [5, 5.41) is 85.8. The highest BCUT2D eigenvalue weighted by Gasteiger charge is 2.50. The van der Waals surface area contributed by atoms with Crippen LogP contribution in [0.3, 0.4) is 0 Å². The Labute approximate surface area is 135 Å². The molecule has 24 heavy (non-hydrogen) atoms. The summed E-state index contributed by atoms with van der Waals surface area (Å²) in [5.74, 6) is 0. The maximum atomic E-state index is 9.72. The molecule has 0 aromatic rings. The van der Waals surface area contributed by atoms with Crippen molar-refractivity contribution in [3.63, 3.8) is 0 Å². The van der Waals surface area contributed by atoms with E-state index in [0.29, 0.717) is 0 Å². The molecular formula is C12H22O12. The molecule has 2 unspecified atom stereocenters. The quantitative estimate of drug-likeness (QED) is 0.170. The van der Waals surface area contributed by atoms with E-state index in [-0.39, 0.29) is 0 Å². The minimum Gasteiger partial charge on any atom is -0.387 e. The molecule has 11 atom stereocenters. The second-order valence-electron chi connectivity index (χ2n) is 5.84. The summed E-state index contributed by atoms with van der Waals surface area (Å²) in [6.07, 6.45) is -18.7. The molecule has 0 spiro atoms. The SMILES string of the molecule is OC1[C@@H](O)[C@H](O)C(OOC[C@H]2O[C@@H](O)[C@H](O)[C@@H](O)[C@@H]2O)[C@@H](O)[C@H]1O. The third kappa shape index (κ3) is 3.70. The van der Waals surface area contributed by atoms with Crippen LogP contribution in [-0.2, 0) is 14.5 Å². The molecule has 12 nitrogen and oxygen atoms in total. The minimum absolute atomic E-state index is 0.591. The van der Waals surface area contributed by atoms with E-state index in [4.69, 9.17) is 9.62 Å². The first-order valence-corrected chi connectivity index (χ1v) is 7.23. The number of aliphatic hydroxyl groups is 9. The van der Waals surface area contributed by atoms with Crippen molar-refractivity contribution in [2.75, 3.05) is 6.61 Å². The van der Waals surface area contributed by atoms with E-state index >= 15 is 0 Å². The topological polar surface area (TPSA) is 210 Å². The van der Waals surface area contributed by atoms with Crippen LogP contribution in [-0.4, -0.2) is 120 Å². The average molecular weight is 358 g/mol. The fourth-order valence-corrected chi connectivity index (χ4v) is 2.56. The summed E-state index contributed by atoms with van der Waals surface area (Å²) in [6, 6.07) is 0. The zero-order valence-electron chi connectivity index (χ0n) is 12.3. The van der Waals surface area contributed by atoms with Gasteiger partial charge in [0, 0.05) is 0 Å². The lowest BCUT2D eigenvalue weighted by Crippen LogP contribution is -2.64. The lowest BCUT2D eigenvalue weighted by atomic mass is 9.85. The molecule has 1 heterocycles. The Balaban J connectivity index is 1.89. The Bertz CT molecular complexity index is 393. The zero-order chi connectivity index (χ0) is 18.2. The number of ether oxygens (including phenoxy) is 1. The summed E-state index contributed by atoms with van der Waals surface area (Å²) in [4.78, 5) is 9.37. The molecule has 1 saturated heterocycles. The van der Waals surface area contributed by atoms with Gasteiger partial charge in [-0.1, -0.05) is 0 Å². The van der Waals surface area contributed by atoms with Crippen LogP contribution >= 0.6 is 0 Å². The van der Waals surface area contributed by atoms with E-state index in [0.717, 1.165) is 0 Å². The predicted molar refractivity (Wildman–Crippen MR) is 69.8 cm³/mol. The summed E-state index contributed by atoms with van der Waals surface area (Å²) >= 11 is 0. The Morgan fingerprint density at radius 2 is 1.04 bits per heavy atom. The van der Waals surface area contributed by atoms with E-state index in [1.165, 1.54) is 0 Å². The van der Waals surface area contributed by atoms with Gasteiger partial charge in [-0.25, -0.2) is 9.78 Å². The van der Waals surface area contributed by atoms with Crippen molar-refractivity contribution in [2.24, 2.45) is 0 Å². The van der Waals surface area contributed by atoms with Gasteiger partial charge in [0.2, 0.25) is 0 Å². The van der Waals surface area contributed by atoms with Crippen molar-refractivity contribution < 1.29 is 60.5 Å². The number of aliphatic hydroxyl groups excluding tert-OH is 9. The van der Waals surface area contributed by atoms with Crippen LogP contribution in [0.25, 0.3) is 0 Å². The Hall–Kier alpha value is -0.480. The third-order valence-corrected chi connectivity index (χ3v) is 4.17. The van der Waals surface area contributed by atoms with Gasteiger partial charge in [-0.05, 0) is 0 Å². The summed E-state index contributed by atoms with van der Waals surface area (Å²) < 4.78 is 4.81. The van der Waals surface area contributed by atoms with Gasteiger partial charge in [0.25, 0.3) is 0 Å². The first-order valence-electron chi connectivity index (χ1n) is 7.23. The molecular weight excluding hydrogens is 336 g/mol. The van der Waals surface area contributed by atoms with Crippen LogP contribution in [0.4, 0.5) is 0 Å². The maximum Gasteiger partial charge on any atom is 0.184 e. The smallest absolute Gasteiger partial charge is 0.184 e. The van der Waals surface area contributed by atoms with Gasteiger partial charge in [0.05, 0.1) is 0 Å². The lowest BCUT2D eigenvalue weighted by molar-refractivity contribution is -0.393. The average Bonchev–Trinajstić information content (AvgIpc) is 2.56. The fourth-order valence-electron chi connectivity index (χ4n) is 2.56. The zero-order valence-corrected chi connectivity index (χ0v) is 12.3. The number of hydrogen-bond acceptors (Lipinski definition) is 12. The van der Waals surface area contributed by atoms with Gasteiger partial charge in [0.1, 0.15) is 67.6 Å². The molecule has 2 aliphatic rings. The Morgan fingerprint density at radius 3 is 1.58 bits per heavy atom. The maximum absolute atomic E-state index is 9.72. The lowest BCUT2D eigenvalue weighted by Gasteiger charge is -2.41. The molecule has 0 aromatic carbocycles. The van der Waals surface area contributed by atoms with Gasteiger partial charge in [-0.3, -0.25) is 0 Å². The molecule has 1 saturated carbocycles. The minimum atomic E-state index is -1.80. The van der Waals surface area contributed by atoms with Crippen LogP contribution < -0.4 is 0 Å². The van der Waals surface area contributed by atoms with Crippen molar-refractivity contribution in [3.05, 3.63) is 0 Å². The molecule has 0 aromatic heterocycles. The molecule has 2 fully saturated rings.